The van der Waals surface area contributed by atoms with Crippen LogP contribution in [0, 0.1) is 11.8 Å². The van der Waals surface area contributed by atoms with Crippen LogP contribution in [0.15, 0.2) is 73.0 Å². The summed E-state index contributed by atoms with van der Waals surface area (Å²) in [4.78, 5) is 0. The molecule has 1 aliphatic carbocycles. The first-order valence-electron chi connectivity index (χ1n) is 9.53. The topological polar surface area (TPSA) is 35.5 Å². The van der Waals surface area contributed by atoms with Crippen LogP contribution in [0.4, 0.5) is 8.78 Å². The average molecular weight is 434 g/mol. The zero-order chi connectivity index (χ0) is 21.1. The maximum atomic E-state index is 14.3. The number of allylic oxidation sites excluding steroid dienone is 1. The molecule has 2 atom stereocenters. The molecule has 2 aromatic carbocycles. The van der Waals surface area contributed by atoms with Crippen molar-refractivity contribution < 1.29 is 22.3 Å². The molecule has 0 N–H and O–H groups in total. The second kappa shape index (κ2) is 8.47. The van der Waals surface area contributed by atoms with Crippen molar-refractivity contribution in [1.29, 1.82) is 0 Å². The third-order valence-electron chi connectivity index (χ3n) is 5.55. The minimum atomic E-state index is -2.86. The van der Waals surface area contributed by atoms with Gasteiger partial charge in [0.25, 0.3) is 14.2 Å². The molecule has 0 aliphatic heterocycles. The maximum absolute atomic E-state index is 14.3. The predicted octanol–water partition coefficient (Wildman–Crippen LogP) is 5.18. The molecule has 29 heavy (non-hydrogen) atoms. The molecule has 2 aromatic rings. The molecule has 154 valence electrons. The highest BCUT2D eigenvalue weighted by atomic mass is 31.1. The summed E-state index contributed by atoms with van der Waals surface area (Å²) in [5.41, 5.74) is 0. The lowest BCUT2D eigenvalue weighted by molar-refractivity contribution is 0.0778. The van der Waals surface area contributed by atoms with E-state index >= 15 is 0 Å². The van der Waals surface area contributed by atoms with E-state index in [2.05, 4.69) is 25.3 Å². The van der Waals surface area contributed by atoms with Crippen molar-refractivity contribution in [1.82, 2.24) is 0 Å². The summed E-state index contributed by atoms with van der Waals surface area (Å²) in [5, 5.41) is 1.85. The quantitative estimate of drug-likeness (QED) is 0.326. The third kappa shape index (κ3) is 4.20. The van der Waals surface area contributed by atoms with E-state index in [-0.39, 0.29) is 11.6 Å². The van der Waals surface area contributed by atoms with Crippen LogP contribution in [0.5, 0.6) is 0 Å². The fourth-order valence-electron chi connectivity index (χ4n) is 4.01. The monoisotopic (exact) mass is 434 g/mol. The van der Waals surface area contributed by atoms with E-state index in [9.17, 15) is 13.3 Å². The molecule has 0 radical (unpaired) electrons. The molecule has 2 unspecified atom stereocenters. The van der Waals surface area contributed by atoms with Gasteiger partial charge >= 0.3 is 8.69 Å². The largest absolute Gasteiger partial charge is 0.416 e. The van der Waals surface area contributed by atoms with Crippen LogP contribution < -0.4 is 10.4 Å². The summed E-state index contributed by atoms with van der Waals surface area (Å²) in [5.74, 6) is -4.75. The fourth-order valence-corrected chi connectivity index (χ4v) is 8.72. The first-order chi connectivity index (χ1) is 13.7. The first kappa shape index (κ1) is 21.8. The molecule has 1 saturated carbocycles. The van der Waals surface area contributed by atoms with E-state index < -0.39 is 34.8 Å². The summed E-state index contributed by atoms with van der Waals surface area (Å²) in [6.07, 6.45) is 2.33. The van der Waals surface area contributed by atoms with Crippen LogP contribution in [0.1, 0.15) is 20.8 Å². The molecule has 0 saturated heterocycles. The maximum Gasteiger partial charge on any atom is 0.395 e. The van der Waals surface area contributed by atoms with Crippen molar-refractivity contribution in [2.24, 2.45) is 11.8 Å². The van der Waals surface area contributed by atoms with Crippen molar-refractivity contribution in [2.75, 3.05) is 6.61 Å². The Labute approximate surface area is 173 Å². The van der Waals surface area contributed by atoms with Crippen molar-refractivity contribution in [2.45, 2.75) is 31.7 Å². The zero-order valence-electron chi connectivity index (χ0n) is 16.7. The highest BCUT2D eigenvalue weighted by Crippen LogP contribution is 2.56. The van der Waals surface area contributed by atoms with Crippen LogP contribution in [-0.2, 0) is 13.5 Å². The van der Waals surface area contributed by atoms with Gasteiger partial charge in [-0.1, -0.05) is 81.4 Å². The van der Waals surface area contributed by atoms with E-state index in [1.54, 1.807) is 0 Å². The highest BCUT2D eigenvalue weighted by Gasteiger charge is 2.67. The van der Waals surface area contributed by atoms with E-state index in [4.69, 9.17) is 4.43 Å². The number of benzene rings is 2. The number of alkyl halides is 2. The molecule has 0 bridgehead atoms. The lowest BCUT2D eigenvalue weighted by atomic mass is 10.2. The first-order valence-corrected chi connectivity index (χ1v) is 12.2. The minimum absolute atomic E-state index is 0.0512. The van der Waals surface area contributed by atoms with Crippen molar-refractivity contribution >= 4 is 27.4 Å². The van der Waals surface area contributed by atoms with Gasteiger partial charge in [-0.2, -0.15) is 0 Å². The Bertz CT molecular complexity index is 814. The molecule has 7 heteroatoms. The number of halogens is 2. The van der Waals surface area contributed by atoms with Crippen LogP contribution >= 0.6 is 8.69 Å². The van der Waals surface area contributed by atoms with E-state index in [0.717, 1.165) is 16.6 Å². The fraction of sp³-hybridized carbons (Fsp3) is 0.364. The number of hydrogen-bond acceptors (Lipinski definition) is 3. The molecule has 3 rings (SSSR count). The normalized spacial score (nSPS) is 21.4. The highest BCUT2D eigenvalue weighted by molar-refractivity contribution is 7.17. The van der Waals surface area contributed by atoms with Crippen molar-refractivity contribution in [3.05, 3.63) is 73.0 Å². The molecule has 0 heterocycles. The van der Waals surface area contributed by atoms with Gasteiger partial charge in [-0.05, 0) is 21.5 Å². The number of rotatable bonds is 8. The van der Waals surface area contributed by atoms with Gasteiger partial charge in [0.2, 0.25) is 0 Å². The molecule has 0 spiro atoms. The second-order valence-electron chi connectivity index (χ2n) is 8.29. The Balaban J connectivity index is 1.96. The van der Waals surface area contributed by atoms with Gasteiger partial charge in [0.1, 0.15) is 0 Å². The molecule has 0 aromatic heterocycles. The minimum Gasteiger partial charge on any atom is -0.416 e. The Morgan fingerprint density at radius 2 is 1.55 bits per heavy atom. The standard InChI is InChI=1S/C22H25F2O3PSi/c1-21(2,3)29(17-10-6-4-7-11-17,18-12-8-5-9-13-18)27-16-20-19(22(20,23)24)14-15-26-28-25/h4-15,19-20H,16H2,1-3H3/b15-14+. The molecule has 1 aliphatic rings. The molecule has 1 fully saturated rings. The molecule has 0 amide bonds. The van der Waals surface area contributed by atoms with Gasteiger partial charge in [0.15, 0.2) is 0 Å². The summed E-state index contributed by atoms with van der Waals surface area (Å²) in [6.45, 7) is 6.29. The molecular weight excluding hydrogens is 409 g/mol. The van der Waals surface area contributed by atoms with Crippen LogP contribution in [0.2, 0.25) is 5.04 Å². The van der Waals surface area contributed by atoms with Crippen molar-refractivity contribution in [3.63, 3.8) is 0 Å². The van der Waals surface area contributed by atoms with Gasteiger partial charge in [-0.15, -0.1) is 0 Å². The Morgan fingerprint density at radius 3 is 2.00 bits per heavy atom. The van der Waals surface area contributed by atoms with Crippen molar-refractivity contribution in [3.8, 4) is 0 Å². The van der Waals surface area contributed by atoms with Gasteiger partial charge < -0.3 is 8.95 Å². The second-order valence-corrected chi connectivity index (χ2v) is 13.0. The van der Waals surface area contributed by atoms with Crippen LogP contribution in [0.3, 0.4) is 0 Å². The van der Waals surface area contributed by atoms with E-state index in [0.29, 0.717) is 0 Å². The zero-order valence-corrected chi connectivity index (χ0v) is 18.6. The third-order valence-corrected chi connectivity index (χ3v) is 10.8. The predicted molar refractivity (Wildman–Crippen MR) is 113 cm³/mol. The van der Waals surface area contributed by atoms with Gasteiger partial charge in [0.05, 0.1) is 18.1 Å². The molecular formula is C22H25F2O3PSi. The van der Waals surface area contributed by atoms with Gasteiger partial charge in [0, 0.05) is 6.61 Å². The summed E-state index contributed by atoms with van der Waals surface area (Å²) in [7, 11) is -3.40. The van der Waals surface area contributed by atoms with Gasteiger partial charge in [-0.25, -0.2) is 13.3 Å². The lowest BCUT2D eigenvalue weighted by Gasteiger charge is -2.43. The average Bonchev–Trinajstić information content (AvgIpc) is 3.22. The Hall–Kier alpha value is -1.88. The van der Waals surface area contributed by atoms with Crippen LogP contribution in [-0.4, -0.2) is 20.8 Å². The van der Waals surface area contributed by atoms with Crippen LogP contribution in [0.25, 0.3) is 0 Å². The summed E-state index contributed by atoms with van der Waals surface area (Å²) >= 11 is 0. The van der Waals surface area contributed by atoms with E-state index in [1.165, 1.54) is 6.08 Å². The van der Waals surface area contributed by atoms with Gasteiger partial charge in [-0.3, -0.25) is 0 Å². The lowest BCUT2D eigenvalue weighted by Crippen LogP contribution is -2.66. The number of hydrogen-bond donors (Lipinski definition) is 0. The summed E-state index contributed by atoms with van der Waals surface area (Å²) in [6, 6.07) is 19.9. The smallest absolute Gasteiger partial charge is 0.395 e. The molecule has 3 nitrogen and oxygen atoms in total. The SMILES string of the molecule is CC(C)(C)[Si](OCC1C(/C=C/OP=O)C1(F)F)(c1ccccc1)c1ccccc1. The Morgan fingerprint density at radius 1 is 1.03 bits per heavy atom. The van der Waals surface area contributed by atoms with E-state index in [1.807, 2.05) is 60.7 Å². The Kier molecular flexibility index (Phi) is 6.37. The summed E-state index contributed by atoms with van der Waals surface area (Å²) < 4.78 is 50.1.